The van der Waals surface area contributed by atoms with Crippen molar-refractivity contribution in [2.45, 2.75) is 44.4 Å². The quantitative estimate of drug-likeness (QED) is 0.780. The summed E-state index contributed by atoms with van der Waals surface area (Å²) in [6.45, 7) is 4.47. The topological polar surface area (TPSA) is 63.4 Å². The lowest BCUT2D eigenvalue weighted by Gasteiger charge is -2.20. The lowest BCUT2D eigenvalue weighted by Crippen LogP contribution is -2.43. The molecule has 4 nitrogen and oxygen atoms in total. The van der Waals surface area contributed by atoms with Crippen LogP contribution in [0.2, 0.25) is 0 Å². The van der Waals surface area contributed by atoms with Crippen LogP contribution in [0.25, 0.3) is 0 Å². The first-order chi connectivity index (χ1) is 7.06. The van der Waals surface area contributed by atoms with Crippen LogP contribution in [0.1, 0.15) is 33.1 Å². The molecule has 0 bridgehead atoms. The minimum atomic E-state index is -0.475. The van der Waals surface area contributed by atoms with E-state index in [0.29, 0.717) is 11.8 Å². The summed E-state index contributed by atoms with van der Waals surface area (Å²) in [6, 6.07) is -0.475. The van der Waals surface area contributed by atoms with E-state index < -0.39 is 11.9 Å². The number of unbranched alkanes of at least 4 members (excludes halogenated alkanes) is 1. The van der Waals surface area contributed by atoms with E-state index in [1.54, 1.807) is 11.8 Å². The van der Waals surface area contributed by atoms with Gasteiger partial charge in [-0.2, -0.15) is 0 Å². The largest absolute Gasteiger partial charge is 0.368 e. The molecule has 0 radical (unpaired) electrons. The van der Waals surface area contributed by atoms with E-state index in [4.69, 9.17) is 5.73 Å². The van der Waals surface area contributed by atoms with Crippen molar-refractivity contribution in [1.82, 2.24) is 4.90 Å². The molecule has 2 N–H and O–H groups in total. The van der Waals surface area contributed by atoms with E-state index in [1.807, 2.05) is 0 Å². The van der Waals surface area contributed by atoms with Crippen molar-refractivity contribution in [3.8, 4) is 0 Å². The average Bonchev–Trinajstić information content (AvgIpc) is 2.55. The molecule has 1 rings (SSSR count). The number of amides is 2. The molecule has 5 heteroatoms. The summed E-state index contributed by atoms with van der Waals surface area (Å²) in [5.41, 5.74) is 5.18. The number of carbonyl (C=O) groups is 2. The normalized spacial score (nSPS) is 23.2. The van der Waals surface area contributed by atoms with E-state index in [1.165, 1.54) is 11.8 Å². The Morgan fingerprint density at radius 1 is 1.73 bits per heavy atom. The molecule has 1 aliphatic rings. The van der Waals surface area contributed by atoms with Gasteiger partial charge in [-0.3, -0.25) is 9.59 Å². The Morgan fingerprint density at radius 2 is 2.40 bits per heavy atom. The first-order valence-corrected chi connectivity index (χ1v) is 6.20. The van der Waals surface area contributed by atoms with Gasteiger partial charge in [0.15, 0.2) is 0 Å². The minimum Gasteiger partial charge on any atom is -0.368 e. The molecular formula is C10H18N2O2S. The molecule has 2 amide bonds. The summed E-state index contributed by atoms with van der Waals surface area (Å²) in [6.07, 6.45) is 3.30. The van der Waals surface area contributed by atoms with Crippen LogP contribution in [0.5, 0.6) is 0 Å². The van der Waals surface area contributed by atoms with Gasteiger partial charge in [0, 0.05) is 11.8 Å². The summed E-state index contributed by atoms with van der Waals surface area (Å²) in [4.78, 5) is 24.1. The number of hydrogen-bond acceptors (Lipinski definition) is 3. The van der Waals surface area contributed by atoms with Crippen LogP contribution >= 0.6 is 11.8 Å². The summed E-state index contributed by atoms with van der Waals surface area (Å²) in [7, 11) is 0. The van der Waals surface area contributed by atoms with Gasteiger partial charge in [-0.05, 0) is 13.3 Å². The Hall–Kier alpha value is -0.710. The lowest BCUT2D eigenvalue weighted by molar-refractivity contribution is -0.121. The van der Waals surface area contributed by atoms with Crippen molar-refractivity contribution >= 4 is 22.9 Å². The smallest absolute Gasteiger partial charge is 0.282 e. The SMILES string of the molecule is CCCCC1CN(C(C)C(N)=O)C(=O)S1. The van der Waals surface area contributed by atoms with Crippen molar-refractivity contribution in [3.05, 3.63) is 0 Å². The van der Waals surface area contributed by atoms with Crippen LogP contribution in [-0.2, 0) is 4.79 Å². The predicted molar refractivity (Wildman–Crippen MR) is 61.7 cm³/mol. The maximum atomic E-state index is 11.6. The highest BCUT2D eigenvalue weighted by atomic mass is 32.2. The van der Waals surface area contributed by atoms with E-state index in [0.717, 1.165) is 19.3 Å². The van der Waals surface area contributed by atoms with E-state index in [-0.39, 0.29) is 5.24 Å². The number of rotatable bonds is 5. The van der Waals surface area contributed by atoms with Crippen LogP contribution in [0, 0.1) is 0 Å². The van der Waals surface area contributed by atoms with Gasteiger partial charge in [0.25, 0.3) is 5.24 Å². The maximum absolute atomic E-state index is 11.6. The summed E-state index contributed by atoms with van der Waals surface area (Å²) >= 11 is 1.34. The summed E-state index contributed by atoms with van der Waals surface area (Å²) < 4.78 is 0. The third-order valence-electron chi connectivity index (χ3n) is 2.66. The van der Waals surface area contributed by atoms with E-state index in [9.17, 15) is 9.59 Å². The van der Waals surface area contributed by atoms with Crippen LogP contribution in [-0.4, -0.2) is 33.9 Å². The van der Waals surface area contributed by atoms with Crippen molar-refractivity contribution in [2.75, 3.05) is 6.54 Å². The highest BCUT2D eigenvalue weighted by molar-refractivity contribution is 8.14. The van der Waals surface area contributed by atoms with Crippen molar-refractivity contribution in [1.29, 1.82) is 0 Å². The Bertz CT molecular complexity index is 258. The van der Waals surface area contributed by atoms with Gasteiger partial charge in [-0.15, -0.1) is 0 Å². The fraction of sp³-hybridized carbons (Fsp3) is 0.800. The van der Waals surface area contributed by atoms with Gasteiger partial charge in [-0.25, -0.2) is 0 Å². The highest BCUT2D eigenvalue weighted by Crippen LogP contribution is 2.30. The standard InChI is InChI=1S/C10H18N2O2S/c1-3-4-5-8-6-12(10(14)15-8)7(2)9(11)13/h7-8H,3-6H2,1-2H3,(H2,11,13). The maximum Gasteiger partial charge on any atom is 0.282 e. The van der Waals surface area contributed by atoms with Crippen LogP contribution in [0.15, 0.2) is 0 Å². The van der Waals surface area contributed by atoms with Crippen LogP contribution in [0.3, 0.4) is 0 Å². The zero-order chi connectivity index (χ0) is 11.4. The number of nitrogens with zero attached hydrogens (tertiary/aromatic N) is 1. The Labute approximate surface area is 94.6 Å². The zero-order valence-electron chi connectivity index (χ0n) is 9.23. The third kappa shape index (κ3) is 3.12. The second-order valence-electron chi connectivity index (χ2n) is 3.88. The van der Waals surface area contributed by atoms with Crippen molar-refractivity contribution in [3.63, 3.8) is 0 Å². The van der Waals surface area contributed by atoms with Gasteiger partial charge in [-0.1, -0.05) is 31.5 Å². The zero-order valence-corrected chi connectivity index (χ0v) is 10.0. The Kier molecular flexibility index (Phi) is 4.45. The molecule has 0 aromatic rings. The van der Waals surface area contributed by atoms with Crippen LogP contribution < -0.4 is 5.73 Å². The minimum absolute atomic E-state index is 0.0117. The molecule has 0 aromatic carbocycles. The highest BCUT2D eigenvalue weighted by Gasteiger charge is 2.34. The molecule has 1 heterocycles. The number of hydrogen-bond donors (Lipinski definition) is 1. The fourth-order valence-corrected chi connectivity index (χ4v) is 2.77. The Morgan fingerprint density at radius 3 is 2.93 bits per heavy atom. The molecule has 0 aromatic heterocycles. The van der Waals surface area contributed by atoms with E-state index in [2.05, 4.69) is 6.92 Å². The summed E-state index contributed by atoms with van der Waals surface area (Å²) in [5, 5.41) is 0.321. The van der Waals surface area contributed by atoms with Gasteiger partial charge in [0.05, 0.1) is 0 Å². The van der Waals surface area contributed by atoms with Gasteiger partial charge in [0.2, 0.25) is 5.91 Å². The van der Waals surface area contributed by atoms with Crippen LogP contribution in [0.4, 0.5) is 4.79 Å². The second-order valence-corrected chi connectivity index (χ2v) is 5.13. The van der Waals surface area contributed by atoms with E-state index >= 15 is 0 Å². The molecule has 2 unspecified atom stereocenters. The molecule has 0 saturated carbocycles. The number of primary amides is 1. The first kappa shape index (κ1) is 12.4. The second kappa shape index (κ2) is 5.39. The summed E-state index contributed by atoms with van der Waals surface area (Å²) in [5.74, 6) is -0.430. The third-order valence-corrected chi connectivity index (χ3v) is 3.82. The number of carbonyl (C=O) groups excluding carboxylic acids is 2. The van der Waals surface area contributed by atoms with Gasteiger partial charge >= 0.3 is 0 Å². The van der Waals surface area contributed by atoms with Gasteiger partial charge in [0.1, 0.15) is 6.04 Å². The van der Waals surface area contributed by atoms with Crippen molar-refractivity contribution in [2.24, 2.45) is 5.73 Å². The Balaban J connectivity index is 2.49. The average molecular weight is 230 g/mol. The molecule has 15 heavy (non-hydrogen) atoms. The number of thioether (sulfide) groups is 1. The lowest BCUT2D eigenvalue weighted by atomic mass is 10.2. The molecule has 0 spiro atoms. The molecule has 86 valence electrons. The molecule has 1 saturated heterocycles. The molecule has 2 atom stereocenters. The molecule has 0 aliphatic carbocycles. The predicted octanol–water partition coefficient (Wildman–Crippen LogP) is 1.59. The molecular weight excluding hydrogens is 212 g/mol. The molecule has 1 fully saturated rings. The van der Waals surface area contributed by atoms with Crippen molar-refractivity contribution < 1.29 is 9.59 Å². The van der Waals surface area contributed by atoms with Gasteiger partial charge < -0.3 is 10.6 Å². The first-order valence-electron chi connectivity index (χ1n) is 5.32. The number of nitrogens with two attached hydrogens (primary N) is 1. The monoisotopic (exact) mass is 230 g/mol. The fourth-order valence-electron chi connectivity index (χ4n) is 1.59. The molecule has 1 aliphatic heterocycles.